The Morgan fingerprint density at radius 2 is 1.45 bits per heavy atom. The molecule has 1 saturated heterocycles. The number of benzene rings is 4. The van der Waals surface area contributed by atoms with Gasteiger partial charge in [0.25, 0.3) is 0 Å². The average Bonchev–Trinajstić information content (AvgIpc) is 3.73. The zero-order valence-corrected chi connectivity index (χ0v) is 38.2. The summed E-state index contributed by atoms with van der Waals surface area (Å²) in [5, 5.41) is 10.6. The fraction of sp³-hybridized carbons (Fsp3) is 0.420. The maximum atomic E-state index is 13.4. The lowest BCUT2D eigenvalue weighted by Crippen LogP contribution is -2.49. The number of likely N-dealkylation sites (tertiary alicyclic amines) is 1. The van der Waals surface area contributed by atoms with Crippen LogP contribution in [0, 0.1) is 5.92 Å². The predicted molar refractivity (Wildman–Crippen MR) is 252 cm³/mol. The summed E-state index contributed by atoms with van der Waals surface area (Å²) in [6.07, 6.45) is 3.37. The van der Waals surface area contributed by atoms with E-state index in [-0.39, 0.29) is 34.6 Å². The van der Waals surface area contributed by atoms with E-state index in [1.807, 2.05) is 103 Å². The number of primary amides is 1. The molecule has 5 aromatic rings. The fourth-order valence-corrected chi connectivity index (χ4v) is 9.70. The second-order valence-corrected chi connectivity index (χ2v) is 22.8. The van der Waals surface area contributed by atoms with Crippen LogP contribution in [0.15, 0.2) is 120 Å². The Bertz CT molecular complexity index is 2230. The van der Waals surface area contributed by atoms with Crippen LogP contribution in [0.1, 0.15) is 74.8 Å². The first-order valence-electron chi connectivity index (χ1n) is 22.2. The number of hydrogen-bond acceptors (Lipinski definition) is 7. The first-order chi connectivity index (χ1) is 29.8. The molecule has 1 aromatic heterocycles. The van der Waals surface area contributed by atoms with Crippen molar-refractivity contribution < 1.29 is 18.8 Å². The van der Waals surface area contributed by atoms with Gasteiger partial charge < -0.3 is 40.7 Å². The fourth-order valence-electron chi connectivity index (χ4n) is 8.42. The van der Waals surface area contributed by atoms with Crippen molar-refractivity contribution >= 4 is 31.2 Å². The third kappa shape index (κ3) is 11.4. The van der Waals surface area contributed by atoms with E-state index >= 15 is 0 Å². The van der Waals surface area contributed by atoms with Crippen molar-refractivity contribution in [2.24, 2.45) is 11.7 Å². The van der Waals surface area contributed by atoms with E-state index in [1.54, 1.807) is 6.07 Å². The third-order valence-electron chi connectivity index (χ3n) is 12.8. The molecule has 6 N–H and O–H groups in total. The predicted octanol–water partition coefficient (Wildman–Crippen LogP) is 8.02. The number of fused-ring (bicyclic) bond motifs is 1. The van der Waals surface area contributed by atoms with Gasteiger partial charge in [-0.25, -0.2) is 4.79 Å². The van der Waals surface area contributed by atoms with Gasteiger partial charge in [-0.1, -0.05) is 124 Å². The number of unbranched alkanes of at least 4 members (excludes halogenated alkanes) is 2. The van der Waals surface area contributed by atoms with Crippen molar-refractivity contribution in [3.63, 3.8) is 0 Å². The second kappa shape index (κ2) is 21.2. The lowest BCUT2D eigenvalue weighted by Gasteiger charge is -2.39. The molecule has 330 valence electrons. The minimum atomic E-state index is -2.19. The van der Waals surface area contributed by atoms with E-state index in [0.29, 0.717) is 50.6 Å². The Kier molecular flexibility index (Phi) is 15.8. The summed E-state index contributed by atoms with van der Waals surface area (Å²) in [5.41, 5.74) is 9.71. The normalized spacial score (nSPS) is 15.3. The van der Waals surface area contributed by atoms with Gasteiger partial charge in [0.2, 0.25) is 11.5 Å². The smallest absolute Gasteiger partial charge is 0.314 e. The van der Waals surface area contributed by atoms with Crippen LogP contribution in [0.5, 0.6) is 5.75 Å². The molecule has 12 heteroatoms. The summed E-state index contributed by atoms with van der Waals surface area (Å²) in [7, 11) is -2.19. The molecule has 1 fully saturated rings. The molecule has 2 heterocycles. The van der Waals surface area contributed by atoms with Crippen LogP contribution < -0.4 is 32.0 Å². The van der Waals surface area contributed by atoms with Crippen LogP contribution in [0.25, 0.3) is 10.9 Å². The summed E-state index contributed by atoms with van der Waals surface area (Å²) in [6, 6.07) is 37.0. The molecule has 0 spiro atoms. The molecule has 4 aromatic carbocycles. The van der Waals surface area contributed by atoms with Crippen LogP contribution in [-0.4, -0.2) is 76.0 Å². The zero-order chi connectivity index (χ0) is 44.2. The van der Waals surface area contributed by atoms with Gasteiger partial charge in [0.1, 0.15) is 17.8 Å². The molecule has 6 rings (SSSR count). The van der Waals surface area contributed by atoms with E-state index in [0.717, 1.165) is 66.4 Å². The Balaban J connectivity index is 0.953. The number of pyridine rings is 1. The van der Waals surface area contributed by atoms with Gasteiger partial charge in [-0.2, -0.15) is 0 Å². The standard InChI is InChI=1S/C50H66N6O5Si/c1-49(2,3)62(4,5)61-44(41-24-26-43(46-42(41)25-27-45(57)55-46)60-36-37-18-10-6-11-19-37)34-52-29-16-9-17-30-53-48(59)54-31-33-56-32-28-40(35-56)50(47(51)58,38-20-12-7-13-21-38)39-22-14-8-15-23-39/h6-8,10-15,18-27,40,44,52H,9,16-17,28-36H2,1-5H3,(H2,51,58)(H,55,57)(H2,53,54,59)/t40-,44-/m1/s1. The zero-order valence-electron chi connectivity index (χ0n) is 37.2. The number of hydrogen-bond donors (Lipinski definition) is 5. The highest BCUT2D eigenvalue weighted by atomic mass is 28.4. The van der Waals surface area contributed by atoms with Gasteiger partial charge in [-0.3, -0.25) is 9.59 Å². The Hall–Kier alpha value is -5.27. The van der Waals surface area contributed by atoms with Gasteiger partial charge >= 0.3 is 6.03 Å². The average molecular weight is 859 g/mol. The van der Waals surface area contributed by atoms with Crippen LogP contribution in [0.3, 0.4) is 0 Å². The number of carbonyl (C=O) groups is 2. The first-order valence-corrected chi connectivity index (χ1v) is 25.1. The number of nitrogens with two attached hydrogens (primary N) is 1. The van der Waals surface area contributed by atoms with E-state index in [9.17, 15) is 14.4 Å². The summed E-state index contributed by atoms with van der Waals surface area (Å²) in [6.45, 7) is 16.4. The number of aromatic nitrogens is 1. The van der Waals surface area contributed by atoms with E-state index in [1.165, 1.54) is 0 Å². The summed E-state index contributed by atoms with van der Waals surface area (Å²) in [4.78, 5) is 44.0. The quantitative estimate of drug-likeness (QED) is 0.0371. The molecule has 1 aliphatic rings. The molecule has 11 nitrogen and oxygen atoms in total. The highest BCUT2D eigenvalue weighted by Gasteiger charge is 2.49. The maximum Gasteiger partial charge on any atom is 0.314 e. The lowest BCUT2D eigenvalue weighted by atomic mass is 9.64. The Labute approximate surface area is 368 Å². The number of ether oxygens (including phenoxy) is 1. The Morgan fingerprint density at radius 3 is 2.10 bits per heavy atom. The number of carbonyl (C=O) groups excluding carboxylic acids is 2. The minimum absolute atomic E-state index is 0.00688. The summed E-state index contributed by atoms with van der Waals surface area (Å²) in [5.74, 6) is 0.297. The number of nitrogens with zero attached hydrogens (tertiary/aromatic N) is 1. The second-order valence-electron chi connectivity index (χ2n) is 18.0. The maximum absolute atomic E-state index is 13.4. The van der Waals surface area contributed by atoms with Crippen LogP contribution in [0.4, 0.5) is 4.79 Å². The molecule has 0 saturated carbocycles. The molecular weight excluding hydrogens is 793 g/mol. The monoisotopic (exact) mass is 858 g/mol. The molecule has 1 aliphatic heterocycles. The third-order valence-corrected chi connectivity index (χ3v) is 17.3. The van der Waals surface area contributed by atoms with Gasteiger partial charge in [0.05, 0.1) is 11.6 Å². The first kappa shape index (κ1) is 46.2. The van der Waals surface area contributed by atoms with Gasteiger partial charge in [0, 0.05) is 44.2 Å². The molecule has 0 aliphatic carbocycles. The largest absolute Gasteiger partial charge is 0.487 e. The number of nitrogens with one attached hydrogen (secondary N) is 4. The topological polar surface area (TPSA) is 151 Å². The number of amides is 3. The molecule has 2 atom stereocenters. The van der Waals surface area contributed by atoms with E-state index in [2.05, 4.69) is 65.8 Å². The van der Waals surface area contributed by atoms with Crippen LogP contribution in [0.2, 0.25) is 18.1 Å². The molecule has 3 amide bonds. The molecule has 0 radical (unpaired) electrons. The van der Waals surface area contributed by atoms with E-state index < -0.39 is 13.7 Å². The number of H-pyrrole nitrogens is 1. The van der Waals surface area contributed by atoms with Crippen molar-refractivity contribution in [1.29, 1.82) is 0 Å². The van der Waals surface area contributed by atoms with Crippen LogP contribution in [-0.2, 0) is 21.2 Å². The van der Waals surface area contributed by atoms with Crippen molar-refractivity contribution in [2.75, 3.05) is 45.8 Å². The Morgan fingerprint density at radius 1 is 0.823 bits per heavy atom. The molecular formula is C50H66N6O5Si. The number of rotatable bonds is 21. The number of urea groups is 1. The molecule has 0 unspecified atom stereocenters. The van der Waals surface area contributed by atoms with Gasteiger partial charge in [0.15, 0.2) is 8.32 Å². The highest BCUT2D eigenvalue weighted by molar-refractivity contribution is 6.74. The minimum Gasteiger partial charge on any atom is -0.487 e. The van der Waals surface area contributed by atoms with Gasteiger partial charge in [-0.15, -0.1) is 0 Å². The SMILES string of the molecule is CC(C)(C)[Si](C)(C)O[C@H](CNCCCCCNC(=O)NCCN1CC[C@@H](C(C(N)=O)(c2ccccc2)c2ccccc2)C1)c1ccc(OCc2ccccc2)c2[nH]c(=O)ccc12. The van der Waals surface area contributed by atoms with Gasteiger partial charge in [-0.05, 0) is 90.8 Å². The highest BCUT2D eigenvalue weighted by Crippen LogP contribution is 2.44. The summed E-state index contributed by atoms with van der Waals surface area (Å²) >= 11 is 0. The van der Waals surface area contributed by atoms with Crippen molar-refractivity contribution in [3.8, 4) is 5.75 Å². The van der Waals surface area contributed by atoms with E-state index in [4.69, 9.17) is 14.9 Å². The van der Waals surface area contributed by atoms with Crippen LogP contribution >= 0.6 is 0 Å². The van der Waals surface area contributed by atoms with Crippen molar-refractivity contribution in [1.82, 2.24) is 25.8 Å². The van der Waals surface area contributed by atoms with Crippen molar-refractivity contribution in [3.05, 3.63) is 148 Å². The molecule has 0 bridgehead atoms. The lowest BCUT2D eigenvalue weighted by molar-refractivity contribution is -0.123. The summed E-state index contributed by atoms with van der Waals surface area (Å²) < 4.78 is 13.3. The number of aromatic amines is 1. The molecule has 62 heavy (non-hydrogen) atoms. The van der Waals surface area contributed by atoms with Crippen molar-refractivity contribution in [2.45, 2.75) is 82.7 Å².